The van der Waals surface area contributed by atoms with Crippen molar-refractivity contribution < 1.29 is 9.59 Å². The van der Waals surface area contributed by atoms with Crippen molar-refractivity contribution in [2.24, 2.45) is 0 Å². The van der Waals surface area contributed by atoms with E-state index >= 15 is 0 Å². The van der Waals surface area contributed by atoms with Gasteiger partial charge < -0.3 is 16.0 Å². The molecule has 3 N–H and O–H groups in total. The predicted octanol–water partition coefficient (Wildman–Crippen LogP) is 4.08. The molecule has 1 heterocycles. The molecule has 7 nitrogen and oxygen atoms in total. The molecule has 0 unspecified atom stereocenters. The van der Waals surface area contributed by atoms with Crippen LogP contribution < -0.4 is 16.0 Å². The lowest BCUT2D eigenvalue weighted by Gasteiger charge is -2.08. The van der Waals surface area contributed by atoms with Gasteiger partial charge in [-0.05, 0) is 48.5 Å². The summed E-state index contributed by atoms with van der Waals surface area (Å²) in [5.41, 5.74) is 2.14. The van der Waals surface area contributed by atoms with Gasteiger partial charge in [-0.1, -0.05) is 23.7 Å². The van der Waals surface area contributed by atoms with Crippen molar-refractivity contribution in [3.63, 3.8) is 0 Å². The summed E-state index contributed by atoms with van der Waals surface area (Å²) < 4.78 is 0. The van der Waals surface area contributed by atoms with Crippen LogP contribution in [0.25, 0.3) is 0 Å². The first-order valence-electron chi connectivity index (χ1n) is 8.05. The van der Waals surface area contributed by atoms with Crippen LogP contribution in [0.4, 0.5) is 22.9 Å². The van der Waals surface area contributed by atoms with Gasteiger partial charge in [0, 0.05) is 29.0 Å². The highest BCUT2D eigenvalue weighted by molar-refractivity contribution is 6.30. The summed E-state index contributed by atoms with van der Waals surface area (Å²) >= 11 is 5.90. The summed E-state index contributed by atoms with van der Waals surface area (Å²) in [6, 6.07) is 17.2. The Hall–Kier alpha value is -3.45. The van der Waals surface area contributed by atoms with Crippen molar-refractivity contribution >= 4 is 46.3 Å². The Morgan fingerprint density at radius 2 is 1.56 bits per heavy atom. The van der Waals surface area contributed by atoms with Crippen LogP contribution in [-0.4, -0.2) is 22.0 Å². The summed E-state index contributed by atoms with van der Waals surface area (Å²) in [7, 11) is 0. The number of carbonyl (C=O) groups is 2. The molecule has 3 rings (SSSR count). The van der Waals surface area contributed by atoms with E-state index in [0.29, 0.717) is 22.2 Å². The molecular formula is C19H16ClN5O2. The summed E-state index contributed by atoms with van der Waals surface area (Å²) in [4.78, 5) is 23.4. The zero-order chi connectivity index (χ0) is 19.2. The zero-order valence-corrected chi connectivity index (χ0v) is 15.1. The second-order valence-electron chi connectivity index (χ2n) is 5.66. The number of carbonyl (C=O) groups excluding carboxylic acids is 2. The first-order valence-corrected chi connectivity index (χ1v) is 8.43. The Kier molecular flexibility index (Phi) is 5.63. The van der Waals surface area contributed by atoms with Gasteiger partial charge >= 0.3 is 0 Å². The van der Waals surface area contributed by atoms with Crippen LogP contribution in [-0.2, 0) is 4.79 Å². The van der Waals surface area contributed by atoms with Gasteiger partial charge in [0.15, 0.2) is 11.5 Å². The molecule has 2 aromatic carbocycles. The maximum atomic E-state index is 12.2. The third-order valence-corrected chi connectivity index (χ3v) is 3.67. The third-order valence-electron chi connectivity index (χ3n) is 3.44. The molecule has 1 aromatic heterocycles. The van der Waals surface area contributed by atoms with E-state index in [2.05, 4.69) is 26.1 Å². The number of rotatable bonds is 5. The van der Waals surface area contributed by atoms with Crippen LogP contribution >= 0.6 is 11.6 Å². The van der Waals surface area contributed by atoms with Gasteiger partial charge in [0.2, 0.25) is 5.91 Å². The fraction of sp³-hybridized carbons (Fsp3) is 0.0526. The molecule has 3 aromatic rings. The van der Waals surface area contributed by atoms with Crippen molar-refractivity contribution in [2.75, 3.05) is 16.0 Å². The van der Waals surface area contributed by atoms with Gasteiger partial charge in [0.1, 0.15) is 0 Å². The van der Waals surface area contributed by atoms with Crippen LogP contribution in [0.15, 0.2) is 60.7 Å². The fourth-order valence-electron chi connectivity index (χ4n) is 2.31. The highest BCUT2D eigenvalue weighted by Crippen LogP contribution is 2.19. The van der Waals surface area contributed by atoms with Gasteiger partial charge in [-0.15, -0.1) is 10.2 Å². The Balaban J connectivity index is 1.66. The molecule has 27 heavy (non-hydrogen) atoms. The molecule has 8 heteroatoms. The van der Waals surface area contributed by atoms with Crippen LogP contribution in [0.2, 0.25) is 5.02 Å². The first-order chi connectivity index (χ1) is 13.0. The highest BCUT2D eigenvalue weighted by atomic mass is 35.5. The van der Waals surface area contributed by atoms with Crippen LogP contribution in [0, 0.1) is 0 Å². The van der Waals surface area contributed by atoms with Gasteiger partial charge in [-0.3, -0.25) is 9.59 Å². The molecule has 0 aliphatic carbocycles. The van der Waals surface area contributed by atoms with Crippen LogP contribution in [0.3, 0.4) is 0 Å². The fourth-order valence-corrected chi connectivity index (χ4v) is 2.50. The van der Waals surface area contributed by atoms with Crippen molar-refractivity contribution in [2.45, 2.75) is 6.92 Å². The predicted molar refractivity (Wildman–Crippen MR) is 105 cm³/mol. The molecule has 2 amide bonds. The van der Waals surface area contributed by atoms with Crippen molar-refractivity contribution in [1.82, 2.24) is 10.2 Å². The number of hydrogen-bond acceptors (Lipinski definition) is 5. The minimum absolute atomic E-state index is 0.151. The molecule has 0 spiro atoms. The molecular weight excluding hydrogens is 366 g/mol. The van der Waals surface area contributed by atoms with E-state index < -0.39 is 0 Å². The molecule has 0 saturated heterocycles. The summed E-state index contributed by atoms with van der Waals surface area (Å²) in [6.45, 7) is 1.44. The van der Waals surface area contributed by atoms with Crippen LogP contribution in [0.1, 0.15) is 17.4 Å². The zero-order valence-electron chi connectivity index (χ0n) is 14.4. The molecule has 0 bridgehead atoms. The lowest BCUT2D eigenvalue weighted by molar-refractivity contribution is -0.114. The maximum Gasteiger partial charge on any atom is 0.276 e. The maximum absolute atomic E-state index is 12.2. The quantitative estimate of drug-likeness (QED) is 0.618. The van der Waals surface area contributed by atoms with E-state index in [9.17, 15) is 9.59 Å². The average molecular weight is 382 g/mol. The smallest absolute Gasteiger partial charge is 0.276 e. The molecule has 136 valence electrons. The summed E-state index contributed by atoms with van der Waals surface area (Å²) in [5.74, 6) is -0.0692. The number of hydrogen-bond donors (Lipinski definition) is 3. The highest BCUT2D eigenvalue weighted by Gasteiger charge is 2.09. The normalized spacial score (nSPS) is 10.1. The first kappa shape index (κ1) is 18.3. The second-order valence-corrected chi connectivity index (χ2v) is 6.09. The van der Waals surface area contributed by atoms with Crippen molar-refractivity contribution in [3.8, 4) is 0 Å². The number of amides is 2. The summed E-state index contributed by atoms with van der Waals surface area (Å²) in [5, 5.41) is 17.0. The van der Waals surface area contributed by atoms with E-state index in [4.69, 9.17) is 11.6 Å². The largest absolute Gasteiger partial charge is 0.339 e. The number of nitrogens with one attached hydrogen (secondary N) is 3. The van der Waals surface area contributed by atoms with E-state index in [1.807, 2.05) is 6.07 Å². The lowest BCUT2D eigenvalue weighted by Crippen LogP contribution is -2.14. The van der Waals surface area contributed by atoms with E-state index in [1.165, 1.54) is 6.92 Å². The van der Waals surface area contributed by atoms with Gasteiger partial charge in [-0.2, -0.15) is 0 Å². The number of anilines is 4. The Morgan fingerprint density at radius 3 is 2.22 bits per heavy atom. The van der Waals surface area contributed by atoms with Gasteiger partial charge in [0.25, 0.3) is 5.91 Å². The number of nitrogens with zero attached hydrogens (tertiary/aromatic N) is 2. The summed E-state index contributed by atoms with van der Waals surface area (Å²) in [6.07, 6.45) is 0. The van der Waals surface area contributed by atoms with Gasteiger partial charge in [-0.25, -0.2) is 0 Å². The molecule has 0 fully saturated rings. The number of halogens is 1. The SMILES string of the molecule is CC(=O)Nc1cccc(Nc2ccc(C(=O)Nc3cccc(Cl)c3)nn2)c1. The minimum atomic E-state index is -0.385. The molecule has 0 radical (unpaired) electrons. The molecule has 0 saturated carbocycles. The molecule has 0 aliphatic rings. The third kappa shape index (κ3) is 5.26. The Labute approximate surface area is 160 Å². The van der Waals surface area contributed by atoms with Crippen molar-refractivity contribution in [1.29, 1.82) is 0 Å². The molecule has 0 atom stereocenters. The number of benzene rings is 2. The minimum Gasteiger partial charge on any atom is -0.339 e. The Morgan fingerprint density at radius 1 is 0.852 bits per heavy atom. The van der Waals surface area contributed by atoms with E-state index in [1.54, 1.807) is 54.6 Å². The lowest BCUT2D eigenvalue weighted by atomic mass is 10.2. The van der Waals surface area contributed by atoms with E-state index in [-0.39, 0.29) is 17.5 Å². The second kappa shape index (κ2) is 8.29. The molecule has 0 aliphatic heterocycles. The van der Waals surface area contributed by atoms with E-state index in [0.717, 1.165) is 5.69 Å². The number of aromatic nitrogens is 2. The van der Waals surface area contributed by atoms with Crippen LogP contribution in [0.5, 0.6) is 0 Å². The monoisotopic (exact) mass is 381 g/mol. The average Bonchev–Trinajstić information content (AvgIpc) is 2.62. The van der Waals surface area contributed by atoms with Gasteiger partial charge in [0.05, 0.1) is 0 Å². The Bertz CT molecular complexity index is 976. The topological polar surface area (TPSA) is 96.0 Å². The van der Waals surface area contributed by atoms with Crippen molar-refractivity contribution in [3.05, 3.63) is 71.4 Å². The standard InChI is InChI=1S/C19H16ClN5O2/c1-12(26)21-15-6-3-7-16(11-15)22-18-9-8-17(24-25-18)19(27)23-14-5-2-4-13(20)10-14/h2-11H,1H3,(H,21,26)(H,22,25)(H,23,27).